The molecule has 0 saturated carbocycles. The number of hydrogen-bond acceptors (Lipinski definition) is 2. The lowest BCUT2D eigenvalue weighted by atomic mass is 10.0. The molecule has 2 aromatic rings. The Hall–Kier alpha value is -1.80. The predicted molar refractivity (Wildman–Crippen MR) is 92.3 cm³/mol. The van der Waals surface area contributed by atoms with Gasteiger partial charge in [0.15, 0.2) is 0 Å². The van der Waals surface area contributed by atoms with Crippen LogP contribution in [0.4, 0.5) is 11.4 Å². The number of rotatable bonds is 4. The van der Waals surface area contributed by atoms with Crippen LogP contribution >= 0.6 is 0 Å². The van der Waals surface area contributed by atoms with Crippen LogP contribution in [0.1, 0.15) is 31.9 Å². The number of hydrogen-bond donors (Lipinski definition) is 1. The Morgan fingerprint density at radius 1 is 0.952 bits per heavy atom. The van der Waals surface area contributed by atoms with Crippen LogP contribution in [0.15, 0.2) is 48.5 Å². The molecule has 0 radical (unpaired) electrons. The third-order valence-corrected chi connectivity index (χ3v) is 3.67. The largest absolute Gasteiger partial charge is 0.345 e. The second kappa shape index (κ2) is 6.31. The molecule has 21 heavy (non-hydrogen) atoms. The summed E-state index contributed by atoms with van der Waals surface area (Å²) in [6, 6.07) is 17.1. The molecule has 0 unspecified atom stereocenters. The van der Waals surface area contributed by atoms with Crippen LogP contribution in [0.5, 0.6) is 0 Å². The van der Waals surface area contributed by atoms with Gasteiger partial charge in [-0.05, 0) is 63.1 Å². The van der Waals surface area contributed by atoms with E-state index in [0.717, 1.165) is 6.54 Å². The van der Waals surface area contributed by atoms with Crippen molar-refractivity contribution in [3.05, 3.63) is 59.7 Å². The van der Waals surface area contributed by atoms with Gasteiger partial charge < -0.3 is 10.2 Å². The van der Waals surface area contributed by atoms with Crippen molar-refractivity contribution in [1.82, 2.24) is 5.32 Å². The second-order valence-electron chi connectivity index (χ2n) is 6.61. The summed E-state index contributed by atoms with van der Waals surface area (Å²) in [6.07, 6.45) is 0. The lowest BCUT2D eigenvalue weighted by molar-refractivity contribution is 0.424. The van der Waals surface area contributed by atoms with Gasteiger partial charge in [0, 0.05) is 30.5 Å². The fourth-order valence-electron chi connectivity index (χ4n) is 2.25. The summed E-state index contributed by atoms with van der Waals surface area (Å²) in [5.41, 5.74) is 5.25. The molecule has 0 spiro atoms. The first-order chi connectivity index (χ1) is 9.87. The van der Waals surface area contributed by atoms with Gasteiger partial charge in [-0.3, -0.25) is 0 Å². The third kappa shape index (κ3) is 4.33. The van der Waals surface area contributed by atoms with Crippen molar-refractivity contribution in [2.24, 2.45) is 0 Å². The maximum Gasteiger partial charge on any atom is 0.0410 e. The van der Waals surface area contributed by atoms with E-state index in [2.05, 4.69) is 87.4 Å². The lowest BCUT2D eigenvalue weighted by Crippen LogP contribution is -2.35. The first kappa shape index (κ1) is 15.6. The van der Waals surface area contributed by atoms with Crippen molar-refractivity contribution in [2.45, 2.75) is 39.8 Å². The Kier molecular flexibility index (Phi) is 4.69. The van der Waals surface area contributed by atoms with E-state index < -0.39 is 0 Å². The zero-order valence-electron chi connectivity index (χ0n) is 13.8. The first-order valence-corrected chi connectivity index (χ1v) is 7.50. The van der Waals surface area contributed by atoms with Crippen LogP contribution in [0.3, 0.4) is 0 Å². The Balaban J connectivity index is 2.15. The van der Waals surface area contributed by atoms with E-state index in [1.54, 1.807) is 0 Å². The van der Waals surface area contributed by atoms with Crippen LogP contribution in [0.25, 0.3) is 0 Å². The average Bonchev–Trinajstić information content (AvgIpc) is 2.45. The van der Waals surface area contributed by atoms with E-state index >= 15 is 0 Å². The van der Waals surface area contributed by atoms with Crippen LogP contribution < -0.4 is 10.2 Å². The minimum absolute atomic E-state index is 0.145. The molecule has 112 valence electrons. The zero-order chi connectivity index (χ0) is 15.5. The van der Waals surface area contributed by atoms with Crippen molar-refractivity contribution in [3.63, 3.8) is 0 Å². The average molecular weight is 282 g/mol. The van der Waals surface area contributed by atoms with Crippen molar-refractivity contribution < 1.29 is 0 Å². The Labute approximate surface area is 128 Å². The SMILES string of the molecule is Cc1cc(N(C)c2ccccc2)ccc1CNC(C)(C)C. The normalized spacial score (nSPS) is 11.5. The Morgan fingerprint density at radius 3 is 2.19 bits per heavy atom. The van der Waals surface area contributed by atoms with Crippen molar-refractivity contribution in [3.8, 4) is 0 Å². The Morgan fingerprint density at radius 2 is 1.62 bits per heavy atom. The minimum atomic E-state index is 0.145. The van der Waals surface area contributed by atoms with Crippen LogP contribution in [0, 0.1) is 6.92 Å². The summed E-state index contributed by atoms with van der Waals surface area (Å²) in [7, 11) is 2.11. The molecule has 0 atom stereocenters. The van der Waals surface area contributed by atoms with Crippen LogP contribution in [-0.4, -0.2) is 12.6 Å². The molecule has 0 aliphatic heterocycles. The van der Waals surface area contributed by atoms with Gasteiger partial charge in [0.05, 0.1) is 0 Å². The van der Waals surface area contributed by atoms with E-state index in [9.17, 15) is 0 Å². The molecular weight excluding hydrogens is 256 g/mol. The molecule has 0 saturated heterocycles. The number of para-hydroxylation sites is 1. The fraction of sp³-hybridized carbons (Fsp3) is 0.368. The quantitative estimate of drug-likeness (QED) is 0.878. The molecule has 0 fully saturated rings. The molecule has 1 N–H and O–H groups in total. The van der Waals surface area contributed by atoms with Crippen LogP contribution in [0.2, 0.25) is 0 Å². The van der Waals surface area contributed by atoms with Crippen molar-refractivity contribution >= 4 is 11.4 Å². The number of benzene rings is 2. The minimum Gasteiger partial charge on any atom is -0.345 e. The molecular formula is C19H26N2. The summed E-state index contributed by atoms with van der Waals surface area (Å²) in [5.74, 6) is 0. The summed E-state index contributed by atoms with van der Waals surface area (Å²) in [5, 5.41) is 3.55. The highest BCUT2D eigenvalue weighted by Gasteiger charge is 2.10. The predicted octanol–water partition coefficient (Wildman–Crippen LogP) is 4.65. The van der Waals surface area contributed by atoms with E-state index in [0.29, 0.717) is 0 Å². The summed E-state index contributed by atoms with van der Waals surface area (Å²) >= 11 is 0. The highest BCUT2D eigenvalue weighted by molar-refractivity contribution is 5.63. The van der Waals surface area contributed by atoms with Crippen LogP contribution in [-0.2, 0) is 6.54 Å². The number of nitrogens with zero attached hydrogens (tertiary/aromatic N) is 1. The third-order valence-electron chi connectivity index (χ3n) is 3.67. The van der Waals surface area contributed by atoms with Gasteiger partial charge in [-0.1, -0.05) is 24.3 Å². The van der Waals surface area contributed by atoms with Gasteiger partial charge in [0.25, 0.3) is 0 Å². The standard InChI is InChI=1S/C19H26N2/c1-15-13-18(21(5)17-9-7-6-8-10-17)12-11-16(15)14-20-19(2,3)4/h6-13,20H,14H2,1-5H3. The number of nitrogens with one attached hydrogen (secondary N) is 1. The molecule has 0 heterocycles. The second-order valence-corrected chi connectivity index (χ2v) is 6.61. The molecule has 0 aliphatic rings. The highest BCUT2D eigenvalue weighted by atomic mass is 15.1. The molecule has 0 aromatic heterocycles. The van der Waals surface area contributed by atoms with Gasteiger partial charge in [-0.2, -0.15) is 0 Å². The van der Waals surface area contributed by atoms with Crippen molar-refractivity contribution in [2.75, 3.05) is 11.9 Å². The van der Waals surface area contributed by atoms with Gasteiger partial charge in [0.2, 0.25) is 0 Å². The lowest BCUT2D eigenvalue weighted by Gasteiger charge is -2.23. The van der Waals surface area contributed by atoms with Gasteiger partial charge in [-0.25, -0.2) is 0 Å². The summed E-state index contributed by atoms with van der Waals surface area (Å²) < 4.78 is 0. The maximum atomic E-state index is 3.55. The van der Waals surface area contributed by atoms with E-state index in [-0.39, 0.29) is 5.54 Å². The molecule has 2 rings (SSSR count). The van der Waals surface area contributed by atoms with Gasteiger partial charge in [-0.15, -0.1) is 0 Å². The molecule has 0 aliphatic carbocycles. The number of anilines is 2. The van der Waals surface area contributed by atoms with Crippen molar-refractivity contribution in [1.29, 1.82) is 0 Å². The summed E-state index contributed by atoms with van der Waals surface area (Å²) in [4.78, 5) is 2.22. The summed E-state index contributed by atoms with van der Waals surface area (Å²) in [6.45, 7) is 9.67. The zero-order valence-corrected chi connectivity index (χ0v) is 13.8. The Bertz CT molecular complexity index is 582. The monoisotopic (exact) mass is 282 g/mol. The van der Waals surface area contributed by atoms with E-state index in [4.69, 9.17) is 0 Å². The smallest absolute Gasteiger partial charge is 0.0410 e. The molecule has 2 heteroatoms. The molecule has 2 aromatic carbocycles. The topological polar surface area (TPSA) is 15.3 Å². The fourth-order valence-corrected chi connectivity index (χ4v) is 2.25. The first-order valence-electron chi connectivity index (χ1n) is 7.50. The highest BCUT2D eigenvalue weighted by Crippen LogP contribution is 2.25. The van der Waals surface area contributed by atoms with E-state index in [1.807, 2.05) is 6.07 Å². The maximum absolute atomic E-state index is 3.55. The number of aryl methyl sites for hydroxylation is 1. The molecule has 2 nitrogen and oxygen atoms in total. The van der Waals surface area contributed by atoms with Gasteiger partial charge in [0.1, 0.15) is 0 Å². The molecule has 0 amide bonds. The van der Waals surface area contributed by atoms with E-state index in [1.165, 1.54) is 22.5 Å². The van der Waals surface area contributed by atoms with Gasteiger partial charge >= 0.3 is 0 Å². The molecule has 0 bridgehead atoms.